The maximum atomic E-state index is 10.6. The van der Waals surface area contributed by atoms with Gasteiger partial charge in [0.15, 0.2) is 0 Å². The number of hydrogen-bond acceptors (Lipinski definition) is 2. The molecule has 96 valence electrons. The van der Waals surface area contributed by atoms with E-state index in [1.165, 1.54) is 5.56 Å². The largest absolute Gasteiger partial charge is 0.481 e. The first-order valence-electron chi connectivity index (χ1n) is 6.13. The molecule has 1 aromatic carbocycles. The molecule has 4 nitrogen and oxygen atoms in total. The molecule has 0 amide bonds. The molecule has 0 aliphatic rings. The molecule has 1 heterocycles. The third kappa shape index (κ3) is 2.70. The summed E-state index contributed by atoms with van der Waals surface area (Å²) in [6.07, 6.45) is 0.842. The first-order valence-corrected chi connectivity index (χ1v) is 6.13. The van der Waals surface area contributed by atoms with Gasteiger partial charge in [0.1, 0.15) is 5.82 Å². The van der Waals surface area contributed by atoms with Crippen molar-refractivity contribution in [3.63, 3.8) is 0 Å². The van der Waals surface area contributed by atoms with Crippen LogP contribution in [0, 0.1) is 19.8 Å². The number of fused-ring (bicyclic) bond motifs is 1. The van der Waals surface area contributed by atoms with Crippen molar-refractivity contribution in [3.05, 3.63) is 29.1 Å². The molecule has 0 aliphatic carbocycles. The van der Waals surface area contributed by atoms with E-state index in [1.54, 1.807) is 0 Å². The molecule has 2 rings (SSSR count). The molecule has 2 N–H and O–H groups in total. The van der Waals surface area contributed by atoms with Crippen molar-refractivity contribution in [1.29, 1.82) is 0 Å². The number of imidazole rings is 1. The normalized spacial score (nSPS) is 12.8. The van der Waals surface area contributed by atoms with Gasteiger partial charge in [0.05, 0.1) is 11.0 Å². The number of aromatic nitrogens is 2. The van der Waals surface area contributed by atoms with Gasteiger partial charge in [0.2, 0.25) is 0 Å². The second-order valence-electron chi connectivity index (χ2n) is 5.07. The van der Waals surface area contributed by atoms with Crippen LogP contribution in [0.2, 0.25) is 0 Å². The van der Waals surface area contributed by atoms with Crippen LogP contribution in [0.3, 0.4) is 0 Å². The maximum absolute atomic E-state index is 10.6. The Morgan fingerprint density at radius 1 is 1.44 bits per heavy atom. The average Bonchev–Trinajstić information content (AvgIpc) is 2.58. The van der Waals surface area contributed by atoms with Crippen molar-refractivity contribution in [1.82, 2.24) is 9.97 Å². The molecule has 0 fully saturated rings. The van der Waals surface area contributed by atoms with Gasteiger partial charge >= 0.3 is 5.97 Å². The highest BCUT2D eigenvalue weighted by Crippen LogP contribution is 2.20. The van der Waals surface area contributed by atoms with Crippen LogP contribution in [0.5, 0.6) is 0 Å². The molecular weight excluding hydrogens is 228 g/mol. The number of carboxylic acids is 1. The average molecular weight is 246 g/mol. The van der Waals surface area contributed by atoms with E-state index in [0.29, 0.717) is 6.42 Å². The Morgan fingerprint density at radius 3 is 2.83 bits per heavy atom. The zero-order valence-electron chi connectivity index (χ0n) is 10.9. The van der Waals surface area contributed by atoms with E-state index >= 15 is 0 Å². The fourth-order valence-corrected chi connectivity index (χ4v) is 2.32. The Bertz CT molecular complexity index is 587. The van der Waals surface area contributed by atoms with Crippen LogP contribution in [0.25, 0.3) is 11.0 Å². The molecule has 0 saturated carbocycles. The number of carbonyl (C=O) groups is 1. The zero-order chi connectivity index (χ0) is 13.3. The van der Waals surface area contributed by atoms with Gasteiger partial charge in [-0.3, -0.25) is 4.79 Å². The van der Waals surface area contributed by atoms with E-state index in [2.05, 4.69) is 29.0 Å². The predicted octanol–water partition coefficient (Wildman–Crippen LogP) is 2.83. The number of aromatic amines is 1. The molecule has 4 heteroatoms. The van der Waals surface area contributed by atoms with E-state index in [1.807, 2.05) is 13.8 Å². The van der Waals surface area contributed by atoms with Crippen molar-refractivity contribution in [2.75, 3.05) is 0 Å². The molecular formula is C14H18N2O2. The van der Waals surface area contributed by atoms with Gasteiger partial charge in [-0.05, 0) is 37.0 Å². The topological polar surface area (TPSA) is 66.0 Å². The molecule has 0 spiro atoms. The van der Waals surface area contributed by atoms with Gasteiger partial charge in [0.25, 0.3) is 0 Å². The third-order valence-corrected chi connectivity index (χ3v) is 3.04. The lowest BCUT2D eigenvalue weighted by Gasteiger charge is -2.04. The number of benzene rings is 1. The Kier molecular flexibility index (Phi) is 3.36. The maximum Gasteiger partial charge on any atom is 0.303 e. The fourth-order valence-electron chi connectivity index (χ4n) is 2.32. The highest BCUT2D eigenvalue weighted by molar-refractivity contribution is 5.79. The summed E-state index contributed by atoms with van der Waals surface area (Å²) in [5.74, 6) is 0.197. The van der Waals surface area contributed by atoms with Gasteiger partial charge in [-0.15, -0.1) is 0 Å². The van der Waals surface area contributed by atoms with Crippen LogP contribution < -0.4 is 0 Å². The highest BCUT2D eigenvalue weighted by Gasteiger charge is 2.12. The SMILES string of the molecule is Cc1cc(C)c2nc(CC(C)CC(=O)O)[nH]c2c1. The molecule has 1 atom stereocenters. The second kappa shape index (κ2) is 4.80. The lowest BCUT2D eigenvalue weighted by atomic mass is 10.0. The van der Waals surface area contributed by atoms with Crippen molar-refractivity contribution < 1.29 is 9.90 Å². The summed E-state index contributed by atoms with van der Waals surface area (Å²) in [7, 11) is 0. The van der Waals surface area contributed by atoms with Gasteiger partial charge in [-0.1, -0.05) is 13.0 Å². The Labute approximate surface area is 106 Å². The van der Waals surface area contributed by atoms with Crippen molar-refractivity contribution in [3.8, 4) is 0 Å². The number of carboxylic acid groups (broad SMARTS) is 1. The van der Waals surface area contributed by atoms with Crippen LogP contribution in [-0.4, -0.2) is 21.0 Å². The van der Waals surface area contributed by atoms with E-state index in [4.69, 9.17) is 5.11 Å². The number of aliphatic carboxylic acids is 1. The van der Waals surface area contributed by atoms with E-state index in [0.717, 1.165) is 22.4 Å². The van der Waals surface area contributed by atoms with E-state index in [-0.39, 0.29) is 12.3 Å². The molecule has 0 radical (unpaired) electrons. The highest BCUT2D eigenvalue weighted by atomic mass is 16.4. The van der Waals surface area contributed by atoms with Crippen molar-refractivity contribution >= 4 is 17.0 Å². The zero-order valence-corrected chi connectivity index (χ0v) is 10.9. The Hall–Kier alpha value is -1.84. The van der Waals surface area contributed by atoms with Gasteiger partial charge < -0.3 is 10.1 Å². The molecule has 2 aromatic rings. The predicted molar refractivity (Wildman–Crippen MR) is 70.7 cm³/mol. The number of aryl methyl sites for hydroxylation is 2. The van der Waals surface area contributed by atoms with Gasteiger partial charge in [-0.25, -0.2) is 4.98 Å². The summed E-state index contributed by atoms with van der Waals surface area (Å²) >= 11 is 0. The van der Waals surface area contributed by atoms with E-state index < -0.39 is 5.97 Å². The molecule has 0 bridgehead atoms. The first kappa shape index (κ1) is 12.6. The standard InChI is InChI=1S/C14H18N2O2/c1-8-4-10(3)14-11(5-8)15-12(16-14)6-9(2)7-13(17)18/h4-5,9H,6-7H2,1-3H3,(H,15,16)(H,17,18). The first-order chi connectivity index (χ1) is 8.45. The minimum atomic E-state index is -0.759. The number of H-pyrrole nitrogens is 1. The van der Waals surface area contributed by atoms with Crippen molar-refractivity contribution in [2.24, 2.45) is 5.92 Å². The summed E-state index contributed by atoms with van der Waals surface area (Å²) in [4.78, 5) is 18.5. The smallest absolute Gasteiger partial charge is 0.303 e. The van der Waals surface area contributed by atoms with Crippen LogP contribution >= 0.6 is 0 Å². The fraction of sp³-hybridized carbons (Fsp3) is 0.429. The molecule has 1 unspecified atom stereocenters. The quantitative estimate of drug-likeness (QED) is 0.871. The van der Waals surface area contributed by atoms with Crippen LogP contribution in [0.15, 0.2) is 12.1 Å². The van der Waals surface area contributed by atoms with Crippen LogP contribution in [-0.2, 0) is 11.2 Å². The van der Waals surface area contributed by atoms with Crippen LogP contribution in [0.4, 0.5) is 0 Å². The third-order valence-electron chi connectivity index (χ3n) is 3.04. The summed E-state index contributed by atoms with van der Waals surface area (Å²) in [6, 6.07) is 4.17. The minimum absolute atomic E-state index is 0.0875. The monoisotopic (exact) mass is 246 g/mol. The number of nitrogens with zero attached hydrogens (tertiary/aromatic N) is 1. The van der Waals surface area contributed by atoms with E-state index in [9.17, 15) is 4.79 Å². The number of rotatable bonds is 4. The van der Waals surface area contributed by atoms with Crippen molar-refractivity contribution in [2.45, 2.75) is 33.6 Å². The summed E-state index contributed by atoms with van der Waals surface area (Å²) < 4.78 is 0. The number of nitrogens with one attached hydrogen (secondary N) is 1. The molecule has 0 aliphatic heterocycles. The molecule has 0 saturated heterocycles. The Balaban J connectivity index is 2.25. The second-order valence-corrected chi connectivity index (χ2v) is 5.07. The van der Waals surface area contributed by atoms with Gasteiger partial charge in [-0.2, -0.15) is 0 Å². The summed E-state index contributed by atoms with van der Waals surface area (Å²) in [6.45, 7) is 6.03. The molecule has 18 heavy (non-hydrogen) atoms. The summed E-state index contributed by atoms with van der Waals surface area (Å²) in [5, 5.41) is 8.75. The summed E-state index contributed by atoms with van der Waals surface area (Å²) in [5.41, 5.74) is 4.37. The van der Waals surface area contributed by atoms with Gasteiger partial charge in [0, 0.05) is 12.8 Å². The minimum Gasteiger partial charge on any atom is -0.481 e. The lowest BCUT2D eigenvalue weighted by Crippen LogP contribution is -2.07. The lowest BCUT2D eigenvalue weighted by molar-refractivity contribution is -0.137. The van der Waals surface area contributed by atoms with Crippen LogP contribution in [0.1, 0.15) is 30.3 Å². The number of hydrogen-bond donors (Lipinski definition) is 2. The molecule has 1 aromatic heterocycles. The Morgan fingerprint density at radius 2 is 2.17 bits per heavy atom.